The van der Waals surface area contributed by atoms with Crippen molar-refractivity contribution < 1.29 is 25.2 Å². The average molecular weight is 226 g/mol. The van der Waals surface area contributed by atoms with Gasteiger partial charge in [-0.2, -0.15) is 0 Å². The van der Waals surface area contributed by atoms with E-state index in [-0.39, 0.29) is 12.4 Å². The number of hydrogen-bond acceptors (Lipinski definition) is 5. The quantitative estimate of drug-likeness (QED) is 0.548. The first-order valence-corrected chi connectivity index (χ1v) is 5.05. The molecule has 1 aliphatic heterocycles. The highest BCUT2D eigenvalue weighted by atomic mass is 16.6. The van der Waals surface area contributed by atoms with Crippen LogP contribution in [-0.2, 0) is 4.74 Å². The monoisotopic (exact) mass is 226 g/mol. The fraction of sp³-hybridized carbons (Fsp3) is 0.455. The lowest BCUT2D eigenvalue weighted by atomic mass is 10.0. The molecule has 1 fully saturated rings. The standard InChI is InChI=1S/C11H14O5/c12-5-8-9(14)10(15)11(16-8)6-3-1-2-4-7(6)13/h1-4,8-15H,5H2/t8-,9-,10-,11?/m1/s1. The summed E-state index contributed by atoms with van der Waals surface area (Å²) >= 11 is 0. The number of phenolic OH excluding ortho intramolecular Hbond substituents is 1. The average Bonchev–Trinajstić information content (AvgIpc) is 2.57. The number of para-hydroxylation sites is 1. The summed E-state index contributed by atoms with van der Waals surface area (Å²) in [6.45, 7) is -0.373. The molecule has 0 amide bonds. The SMILES string of the molecule is OC[C@H]1OC(c2ccccc2O)[C@H](O)[C@@H]1O. The zero-order valence-electron chi connectivity index (χ0n) is 8.52. The van der Waals surface area contributed by atoms with Crippen LogP contribution in [0.5, 0.6) is 5.75 Å². The maximum Gasteiger partial charge on any atom is 0.121 e. The van der Waals surface area contributed by atoms with Gasteiger partial charge < -0.3 is 25.2 Å². The van der Waals surface area contributed by atoms with Crippen molar-refractivity contribution in [1.82, 2.24) is 0 Å². The van der Waals surface area contributed by atoms with Crippen LogP contribution in [0.4, 0.5) is 0 Å². The molecular formula is C11H14O5. The number of benzene rings is 1. The van der Waals surface area contributed by atoms with Crippen molar-refractivity contribution in [3.8, 4) is 5.75 Å². The van der Waals surface area contributed by atoms with Gasteiger partial charge in [0.1, 0.15) is 30.2 Å². The maximum atomic E-state index is 9.74. The molecule has 5 nitrogen and oxygen atoms in total. The van der Waals surface area contributed by atoms with Crippen molar-refractivity contribution in [2.45, 2.75) is 24.4 Å². The van der Waals surface area contributed by atoms with Crippen molar-refractivity contribution in [2.75, 3.05) is 6.61 Å². The first-order chi connectivity index (χ1) is 7.65. The van der Waals surface area contributed by atoms with E-state index in [0.29, 0.717) is 5.56 Å². The molecule has 0 bridgehead atoms. The number of hydrogen-bond donors (Lipinski definition) is 4. The molecule has 4 atom stereocenters. The Hall–Kier alpha value is -1.14. The number of aliphatic hydroxyl groups excluding tert-OH is 3. The highest BCUT2D eigenvalue weighted by Crippen LogP contribution is 2.37. The van der Waals surface area contributed by atoms with E-state index in [9.17, 15) is 15.3 Å². The molecular weight excluding hydrogens is 212 g/mol. The second-order valence-electron chi connectivity index (χ2n) is 3.82. The van der Waals surface area contributed by atoms with E-state index < -0.39 is 24.4 Å². The van der Waals surface area contributed by atoms with Gasteiger partial charge in [0.25, 0.3) is 0 Å². The van der Waals surface area contributed by atoms with Gasteiger partial charge in [-0.15, -0.1) is 0 Å². The van der Waals surface area contributed by atoms with Gasteiger partial charge in [-0.1, -0.05) is 18.2 Å². The summed E-state index contributed by atoms with van der Waals surface area (Å²) in [5.41, 5.74) is 0.407. The second kappa shape index (κ2) is 4.39. The molecule has 1 heterocycles. The van der Waals surface area contributed by atoms with Crippen LogP contribution in [0.1, 0.15) is 11.7 Å². The smallest absolute Gasteiger partial charge is 0.121 e. The number of phenols is 1. The summed E-state index contributed by atoms with van der Waals surface area (Å²) in [5.74, 6) is -0.00246. The lowest BCUT2D eigenvalue weighted by Gasteiger charge is -2.15. The Kier molecular flexibility index (Phi) is 3.11. The molecule has 0 radical (unpaired) electrons. The van der Waals surface area contributed by atoms with Crippen molar-refractivity contribution in [2.24, 2.45) is 0 Å². The zero-order valence-corrected chi connectivity index (χ0v) is 8.52. The Morgan fingerprint density at radius 1 is 1.12 bits per heavy atom. The molecule has 1 aromatic rings. The molecule has 2 rings (SSSR count). The molecule has 0 saturated carbocycles. The highest BCUT2D eigenvalue weighted by Gasteiger charge is 2.43. The first-order valence-electron chi connectivity index (χ1n) is 5.05. The topological polar surface area (TPSA) is 90.2 Å². The third-order valence-electron chi connectivity index (χ3n) is 2.79. The lowest BCUT2D eigenvalue weighted by Crippen LogP contribution is -2.32. The molecule has 16 heavy (non-hydrogen) atoms. The predicted octanol–water partition coefficient (Wildman–Crippen LogP) is -0.454. The van der Waals surface area contributed by atoms with E-state index in [1.165, 1.54) is 6.07 Å². The summed E-state index contributed by atoms with van der Waals surface area (Å²) in [5, 5.41) is 37.8. The Labute approximate surface area is 92.5 Å². The summed E-state index contributed by atoms with van der Waals surface area (Å²) < 4.78 is 5.29. The van der Waals surface area contributed by atoms with E-state index in [0.717, 1.165) is 0 Å². The summed E-state index contributed by atoms with van der Waals surface area (Å²) in [4.78, 5) is 0. The van der Waals surface area contributed by atoms with Crippen LogP contribution >= 0.6 is 0 Å². The molecule has 4 N–H and O–H groups in total. The van der Waals surface area contributed by atoms with Gasteiger partial charge >= 0.3 is 0 Å². The minimum absolute atomic E-state index is 0.00246. The molecule has 0 aliphatic carbocycles. The van der Waals surface area contributed by atoms with Gasteiger partial charge in [0.2, 0.25) is 0 Å². The second-order valence-corrected chi connectivity index (χ2v) is 3.82. The molecule has 1 aliphatic rings. The van der Waals surface area contributed by atoms with Gasteiger partial charge in [0.05, 0.1) is 6.61 Å². The zero-order chi connectivity index (χ0) is 11.7. The predicted molar refractivity (Wildman–Crippen MR) is 54.8 cm³/mol. The molecule has 1 unspecified atom stereocenters. The maximum absolute atomic E-state index is 9.74. The minimum Gasteiger partial charge on any atom is -0.508 e. The van der Waals surface area contributed by atoms with Crippen molar-refractivity contribution >= 4 is 0 Å². The normalized spacial score (nSPS) is 34.2. The van der Waals surface area contributed by atoms with Gasteiger partial charge in [-0.05, 0) is 6.07 Å². The Morgan fingerprint density at radius 3 is 2.38 bits per heavy atom. The Morgan fingerprint density at radius 2 is 1.81 bits per heavy atom. The number of ether oxygens (including phenoxy) is 1. The highest BCUT2D eigenvalue weighted by molar-refractivity contribution is 5.35. The summed E-state index contributed by atoms with van der Waals surface area (Å²) in [6.07, 6.45) is -3.92. The molecule has 88 valence electrons. The summed E-state index contributed by atoms with van der Waals surface area (Å²) in [6, 6.07) is 6.43. The van der Waals surface area contributed by atoms with Crippen LogP contribution in [-0.4, -0.2) is 45.3 Å². The van der Waals surface area contributed by atoms with Gasteiger partial charge in [0.15, 0.2) is 0 Å². The molecule has 0 spiro atoms. The first kappa shape index (κ1) is 11.3. The summed E-state index contributed by atoms with van der Waals surface area (Å²) in [7, 11) is 0. The van der Waals surface area contributed by atoms with E-state index in [4.69, 9.17) is 9.84 Å². The Bertz CT molecular complexity index is 367. The molecule has 5 heteroatoms. The van der Waals surface area contributed by atoms with E-state index in [2.05, 4.69) is 0 Å². The van der Waals surface area contributed by atoms with Crippen molar-refractivity contribution in [3.05, 3.63) is 29.8 Å². The minimum atomic E-state index is -1.15. The fourth-order valence-electron chi connectivity index (χ4n) is 1.88. The van der Waals surface area contributed by atoms with Gasteiger partial charge in [-0.25, -0.2) is 0 Å². The fourth-order valence-corrected chi connectivity index (χ4v) is 1.88. The molecule has 0 aromatic heterocycles. The van der Waals surface area contributed by atoms with Gasteiger partial charge in [0, 0.05) is 5.56 Å². The number of aliphatic hydroxyl groups is 3. The Balaban J connectivity index is 2.26. The van der Waals surface area contributed by atoms with Crippen LogP contribution in [0.3, 0.4) is 0 Å². The molecule has 1 aromatic carbocycles. The number of aromatic hydroxyl groups is 1. The van der Waals surface area contributed by atoms with Crippen molar-refractivity contribution in [1.29, 1.82) is 0 Å². The van der Waals surface area contributed by atoms with Crippen LogP contribution in [0.2, 0.25) is 0 Å². The van der Waals surface area contributed by atoms with E-state index >= 15 is 0 Å². The van der Waals surface area contributed by atoms with E-state index in [1.807, 2.05) is 0 Å². The lowest BCUT2D eigenvalue weighted by molar-refractivity contribution is -0.0233. The van der Waals surface area contributed by atoms with Crippen LogP contribution in [0.15, 0.2) is 24.3 Å². The van der Waals surface area contributed by atoms with E-state index in [1.54, 1.807) is 18.2 Å². The van der Waals surface area contributed by atoms with Crippen LogP contribution in [0, 0.1) is 0 Å². The van der Waals surface area contributed by atoms with Crippen LogP contribution < -0.4 is 0 Å². The largest absolute Gasteiger partial charge is 0.508 e. The van der Waals surface area contributed by atoms with Gasteiger partial charge in [-0.3, -0.25) is 0 Å². The number of rotatable bonds is 2. The third-order valence-corrected chi connectivity index (χ3v) is 2.79. The molecule has 1 saturated heterocycles. The third kappa shape index (κ3) is 1.78. The van der Waals surface area contributed by atoms with Crippen molar-refractivity contribution in [3.63, 3.8) is 0 Å². The van der Waals surface area contributed by atoms with Crippen LogP contribution in [0.25, 0.3) is 0 Å².